The zero-order valence-corrected chi connectivity index (χ0v) is 18.2. The highest BCUT2D eigenvalue weighted by Crippen LogP contribution is 2.57. The Labute approximate surface area is 186 Å². The third-order valence-corrected chi connectivity index (χ3v) is 4.62. The van der Waals surface area contributed by atoms with Crippen molar-refractivity contribution in [3.63, 3.8) is 0 Å². The predicted molar refractivity (Wildman–Crippen MR) is 107 cm³/mol. The fourth-order valence-corrected chi connectivity index (χ4v) is 3.38. The van der Waals surface area contributed by atoms with Gasteiger partial charge in [0.15, 0.2) is 0 Å². The van der Waals surface area contributed by atoms with E-state index in [1.165, 1.54) is 27.7 Å². The quantitative estimate of drug-likeness (QED) is 0.367. The van der Waals surface area contributed by atoms with Crippen molar-refractivity contribution in [3.8, 4) is 0 Å². The van der Waals surface area contributed by atoms with Crippen LogP contribution >= 0.6 is 0 Å². The van der Waals surface area contributed by atoms with Gasteiger partial charge in [-0.2, -0.15) is 26.3 Å². The average Bonchev–Trinajstić information content (AvgIpc) is 2.66. The van der Waals surface area contributed by atoms with Crippen LogP contribution in [0.1, 0.15) is 59.5 Å². The lowest BCUT2D eigenvalue weighted by Gasteiger charge is -2.39. The topological polar surface area (TPSA) is 52.6 Å². The van der Waals surface area contributed by atoms with Crippen molar-refractivity contribution in [3.05, 3.63) is 70.8 Å². The Balaban J connectivity index is 2.92. The molecule has 0 atom stereocenters. The van der Waals surface area contributed by atoms with E-state index in [1.54, 1.807) is 0 Å². The molecular weight excluding hydrogens is 454 g/mol. The number of ether oxygens (including phenoxy) is 2. The van der Waals surface area contributed by atoms with E-state index in [1.807, 2.05) is 0 Å². The Morgan fingerprint density at radius 2 is 1.24 bits per heavy atom. The first kappa shape index (κ1) is 26.2. The number of carbonyl (C=O) groups excluding carboxylic acids is 2. The molecule has 10 heteroatoms. The summed E-state index contributed by atoms with van der Waals surface area (Å²) >= 11 is 0. The van der Waals surface area contributed by atoms with Gasteiger partial charge >= 0.3 is 24.3 Å². The molecule has 4 nitrogen and oxygen atoms in total. The van der Waals surface area contributed by atoms with Gasteiger partial charge < -0.3 is 9.47 Å². The molecule has 0 bridgehead atoms. The van der Waals surface area contributed by atoms with Gasteiger partial charge in [-0.1, -0.05) is 30.3 Å². The van der Waals surface area contributed by atoms with Gasteiger partial charge in [-0.25, -0.2) is 9.59 Å². The van der Waals surface area contributed by atoms with Crippen LogP contribution in [0.15, 0.2) is 48.5 Å². The van der Waals surface area contributed by atoms with E-state index >= 15 is 0 Å². The SMILES string of the molecule is CC(C)OC(=O)c1cccc(C(c2ccccc2C(=O)OC(C)C)(C(F)(F)F)C(F)(F)F)c1. The highest BCUT2D eigenvalue weighted by Gasteiger charge is 2.73. The van der Waals surface area contributed by atoms with E-state index in [2.05, 4.69) is 0 Å². The van der Waals surface area contributed by atoms with Gasteiger partial charge in [-0.05, 0) is 57.0 Å². The number of carbonyl (C=O) groups is 2. The molecular formula is C23H22F6O4. The molecule has 0 heterocycles. The van der Waals surface area contributed by atoms with Crippen LogP contribution in [0.3, 0.4) is 0 Å². The summed E-state index contributed by atoms with van der Waals surface area (Å²) in [6.45, 7) is 5.78. The summed E-state index contributed by atoms with van der Waals surface area (Å²) in [4.78, 5) is 24.7. The summed E-state index contributed by atoms with van der Waals surface area (Å²) in [5.74, 6) is -2.42. The molecule has 0 aliphatic heterocycles. The Kier molecular flexibility index (Phi) is 7.50. The van der Waals surface area contributed by atoms with E-state index in [0.717, 1.165) is 30.3 Å². The smallest absolute Gasteiger partial charge is 0.411 e. The number of rotatable bonds is 6. The van der Waals surface area contributed by atoms with Gasteiger partial charge in [-0.15, -0.1) is 0 Å². The van der Waals surface area contributed by atoms with Crippen molar-refractivity contribution in [2.24, 2.45) is 0 Å². The van der Waals surface area contributed by atoms with E-state index in [4.69, 9.17) is 9.47 Å². The molecule has 180 valence electrons. The second kappa shape index (κ2) is 9.44. The first-order chi connectivity index (χ1) is 15.1. The van der Waals surface area contributed by atoms with Crippen LogP contribution in [-0.4, -0.2) is 36.5 Å². The normalized spacial score (nSPS) is 12.7. The standard InChI is InChI=1S/C23H22F6O4/c1-13(2)32-19(30)15-8-7-9-16(12-15)21(22(24,25)26,23(27,28)29)18-11-6-5-10-17(18)20(31)33-14(3)4/h5-14H,1-4H3. The zero-order valence-electron chi connectivity index (χ0n) is 18.2. The van der Waals surface area contributed by atoms with Crippen LogP contribution in [0.5, 0.6) is 0 Å². The highest BCUT2D eigenvalue weighted by molar-refractivity contribution is 5.92. The van der Waals surface area contributed by atoms with Gasteiger partial charge in [0, 0.05) is 0 Å². The number of esters is 2. The van der Waals surface area contributed by atoms with Crippen molar-refractivity contribution in [1.29, 1.82) is 0 Å². The number of alkyl halides is 6. The molecule has 0 aliphatic carbocycles. The predicted octanol–water partition coefficient (Wildman–Crippen LogP) is 6.23. The maximum atomic E-state index is 14.5. The average molecular weight is 476 g/mol. The van der Waals surface area contributed by atoms with Gasteiger partial charge in [0.2, 0.25) is 5.41 Å². The van der Waals surface area contributed by atoms with Gasteiger partial charge in [0.25, 0.3) is 0 Å². The fourth-order valence-electron chi connectivity index (χ4n) is 3.38. The molecule has 0 spiro atoms. The summed E-state index contributed by atoms with van der Waals surface area (Å²) in [6, 6.07) is 6.55. The number of hydrogen-bond acceptors (Lipinski definition) is 4. The summed E-state index contributed by atoms with van der Waals surface area (Å²) in [5, 5.41) is 0. The Morgan fingerprint density at radius 3 is 1.76 bits per heavy atom. The molecule has 0 saturated heterocycles. The second-order valence-electron chi connectivity index (χ2n) is 7.78. The van der Waals surface area contributed by atoms with E-state index in [9.17, 15) is 35.9 Å². The maximum Gasteiger partial charge on any atom is 0.411 e. The van der Waals surface area contributed by atoms with Crippen molar-refractivity contribution in [2.45, 2.75) is 57.7 Å². The molecule has 0 aromatic heterocycles. The van der Waals surface area contributed by atoms with Crippen LogP contribution in [0.2, 0.25) is 0 Å². The van der Waals surface area contributed by atoms with Crippen molar-refractivity contribution in [2.75, 3.05) is 0 Å². The first-order valence-electron chi connectivity index (χ1n) is 9.88. The lowest BCUT2D eigenvalue weighted by Crippen LogP contribution is -2.55. The minimum Gasteiger partial charge on any atom is -0.459 e. The third kappa shape index (κ3) is 5.15. The fraction of sp³-hybridized carbons (Fsp3) is 0.391. The van der Waals surface area contributed by atoms with Crippen LogP contribution in [-0.2, 0) is 14.9 Å². The molecule has 2 rings (SSSR count). The molecule has 2 aromatic carbocycles. The molecule has 0 radical (unpaired) electrons. The highest BCUT2D eigenvalue weighted by atomic mass is 19.4. The minimum atomic E-state index is -5.94. The lowest BCUT2D eigenvalue weighted by atomic mass is 9.71. The Bertz CT molecular complexity index is 994. The molecule has 33 heavy (non-hydrogen) atoms. The zero-order chi connectivity index (χ0) is 25.2. The number of benzene rings is 2. The van der Waals surface area contributed by atoms with Crippen LogP contribution in [0, 0.1) is 0 Å². The summed E-state index contributed by atoms with van der Waals surface area (Å²) in [6.07, 6.45) is -13.3. The molecule has 0 unspecified atom stereocenters. The monoisotopic (exact) mass is 476 g/mol. The van der Waals surface area contributed by atoms with Gasteiger partial charge in [-0.3, -0.25) is 0 Å². The van der Waals surface area contributed by atoms with E-state index < -0.39 is 64.2 Å². The first-order valence-corrected chi connectivity index (χ1v) is 9.88. The van der Waals surface area contributed by atoms with Crippen LogP contribution < -0.4 is 0 Å². The minimum absolute atomic E-state index is 0.482. The summed E-state index contributed by atoms with van der Waals surface area (Å²) < 4.78 is 96.8. The maximum absolute atomic E-state index is 14.5. The summed E-state index contributed by atoms with van der Waals surface area (Å²) in [7, 11) is 0. The molecule has 0 saturated carbocycles. The molecule has 0 fully saturated rings. The van der Waals surface area contributed by atoms with Crippen molar-refractivity contribution in [1.82, 2.24) is 0 Å². The van der Waals surface area contributed by atoms with E-state index in [0.29, 0.717) is 18.2 Å². The largest absolute Gasteiger partial charge is 0.459 e. The van der Waals surface area contributed by atoms with Gasteiger partial charge in [0.1, 0.15) is 0 Å². The molecule has 0 N–H and O–H groups in total. The van der Waals surface area contributed by atoms with Crippen molar-refractivity contribution >= 4 is 11.9 Å². The summed E-state index contributed by atoms with van der Waals surface area (Å²) in [5.41, 5.74) is -8.66. The van der Waals surface area contributed by atoms with Gasteiger partial charge in [0.05, 0.1) is 23.3 Å². The van der Waals surface area contributed by atoms with Crippen LogP contribution in [0.25, 0.3) is 0 Å². The molecule has 0 amide bonds. The number of halogens is 6. The molecule has 2 aromatic rings. The lowest BCUT2D eigenvalue weighted by molar-refractivity contribution is -0.288. The Morgan fingerprint density at radius 1 is 0.727 bits per heavy atom. The van der Waals surface area contributed by atoms with Crippen LogP contribution in [0.4, 0.5) is 26.3 Å². The molecule has 0 aliphatic rings. The third-order valence-electron chi connectivity index (χ3n) is 4.62. The van der Waals surface area contributed by atoms with Crippen molar-refractivity contribution < 1.29 is 45.4 Å². The van der Waals surface area contributed by atoms with E-state index in [-0.39, 0.29) is 0 Å². The Hall–Kier alpha value is -3.04. The number of hydrogen-bond donors (Lipinski definition) is 0. The second-order valence-corrected chi connectivity index (χ2v) is 7.78.